The molecule has 13 nitrogen and oxygen atoms in total. The SMILES string of the molecule is CCc1c(N2CCN(C(=O)c3ncsc3O)CC2)c(=O)n2nc(C3=CCOCC3)nc2n1CC(=O)Nc1ccc(C(F)(F)F)cc1Cl. The maximum absolute atomic E-state index is 14.1. The van der Waals surface area contributed by atoms with Crippen LogP contribution in [0, 0.1) is 0 Å². The molecule has 248 valence electrons. The molecule has 0 aliphatic carbocycles. The molecule has 2 N–H and O–H groups in total. The summed E-state index contributed by atoms with van der Waals surface area (Å²) >= 11 is 7.04. The molecule has 1 fully saturated rings. The molecule has 3 aromatic heterocycles. The molecular formula is C29H28ClF3N8O5S. The van der Waals surface area contributed by atoms with E-state index < -0.39 is 29.1 Å². The van der Waals surface area contributed by atoms with E-state index in [-0.39, 0.29) is 65.7 Å². The Kier molecular flexibility index (Phi) is 8.95. The number of thiazole rings is 1. The number of hydrogen-bond acceptors (Lipinski definition) is 10. The van der Waals surface area contributed by atoms with Gasteiger partial charge in [-0.15, -0.1) is 5.10 Å². The van der Waals surface area contributed by atoms with Crippen molar-refractivity contribution < 1.29 is 32.6 Å². The Morgan fingerprint density at radius 2 is 1.96 bits per heavy atom. The minimum Gasteiger partial charge on any atom is -0.498 e. The van der Waals surface area contributed by atoms with E-state index in [2.05, 4.69) is 20.4 Å². The first-order chi connectivity index (χ1) is 22.5. The van der Waals surface area contributed by atoms with Gasteiger partial charge in [-0.1, -0.05) is 35.9 Å². The second-order valence-electron chi connectivity index (χ2n) is 10.8. The standard InChI is InChI=1S/C29H28ClF3N8O5S/c1-2-20-23(38-7-9-39(10-8-38)25(43)22-27(45)47-15-34-22)26(44)41-28(36-24(37-41)16-5-11-46-12-6-16)40(20)14-21(42)35-19-4-3-17(13-18(19)30)29(31,32)33/h3-5,13,15,45H,2,6-12,14H2,1H3,(H,35,42). The lowest BCUT2D eigenvalue weighted by Crippen LogP contribution is -2.51. The molecule has 0 unspecified atom stereocenters. The van der Waals surface area contributed by atoms with Gasteiger partial charge in [-0.05, 0) is 36.6 Å². The lowest BCUT2D eigenvalue weighted by atomic mass is 10.1. The molecule has 1 saturated heterocycles. The number of nitrogens with zero attached hydrogens (tertiary/aromatic N) is 7. The zero-order chi connectivity index (χ0) is 33.5. The van der Waals surface area contributed by atoms with Gasteiger partial charge in [0.2, 0.25) is 16.7 Å². The third-order valence-electron chi connectivity index (χ3n) is 7.92. The third-order valence-corrected chi connectivity index (χ3v) is 8.86. The van der Waals surface area contributed by atoms with Gasteiger partial charge in [0.05, 0.1) is 40.7 Å². The topological polar surface area (TPSA) is 147 Å². The normalized spacial score (nSPS) is 15.6. The highest BCUT2D eigenvalue weighted by atomic mass is 35.5. The lowest BCUT2D eigenvalue weighted by Gasteiger charge is -2.36. The number of carbonyl (C=O) groups is 2. The highest BCUT2D eigenvalue weighted by Crippen LogP contribution is 2.34. The molecule has 1 aromatic carbocycles. The Morgan fingerprint density at radius 3 is 2.57 bits per heavy atom. The lowest BCUT2D eigenvalue weighted by molar-refractivity contribution is -0.137. The van der Waals surface area contributed by atoms with Crippen LogP contribution in [-0.4, -0.2) is 85.4 Å². The number of hydrogen-bond donors (Lipinski definition) is 2. The van der Waals surface area contributed by atoms with Gasteiger partial charge in [0.25, 0.3) is 11.5 Å². The van der Waals surface area contributed by atoms with Crippen LogP contribution in [0.3, 0.4) is 0 Å². The number of carbonyl (C=O) groups excluding carboxylic acids is 2. The second-order valence-corrected chi connectivity index (χ2v) is 12.0. The number of aromatic hydroxyl groups is 1. The summed E-state index contributed by atoms with van der Waals surface area (Å²) < 4.78 is 47.5. The van der Waals surface area contributed by atoms with Crippen molar-refractivity contribution in [3.63, 3.8) is 0 Å². The van der Waals surface area contributed by atoms with E-state index in [0.717, 1.165) is 39.6 Å². The average Bonchev–Trinajstić information content (AvgIpc) is 3.70. The van der Waals surface area contributed by atoms with E-state index in [1.165, 1.54) is 5.51 Å². The summed E-state index contributed by atoms with van der Waals surface area (Å²) in [6, 6.07) is 2.63. The summed E-state index contributed by atoms with van der Waals surface area (Å²) in [5, 5.41) is 16.6. The molecular weight excluding hydrogens is 665 g/mol. The van der Waals surface area contributed by atoms with Crippen LogP contribution >= 0.6 is 22.9 Å². The van der Waals surface area contributed by atoms with Gasteiger partial charge in [-0.2, -0.15) is 22.7 Å². The molecule has 2 aliphatic rings. The van der Waals surface area contributed by atoms with Crippen molar-refractivity contribution in [1.82, 2.24) is 29.0 Å². The Balaban J connectivity index is 1.35. The number of halogens is 4. The van der Waals surface area contributed by atoms with Crippen LogP contribution in [0.5, 0.6) is 5.06 Å². The van der Waals surface area contributed by atoms with E-state index in [1.54, 1.807) is 9.47 Å². The van der Waals surface area contributed by atoms with Gasteiger partial charge in [0, 0.05) is 26.2 Å². The first-order valence-electron chi connectivity index (χ1n) is 14.6. The minimum atomic E-state index is -4.60. The van der Waals surface area contributed by atoms with Crippen LogP contribution in [0.2, 0.25) is 5.02 Å². The number of nitrogens with one attached hydrogen (secondary N) is 1. The van der Waals surface area contributed by atoms with Crippen molar-refractivity contribution >= 4 is 57.5 Å². The molecule has 2 amide bonds. The van der Waals surface area contributed by atoms with Crippen molar-refractivity contribution in [3.05, 3.63) is 67.9 Å². The zero-order valence-corrected chi connectivity index (χ0v) is 26.5. The largest absolute Gasteiger partial charge is 0.498 e. The summed E-state index contributed by atoms with van der Waals surface area (Å²) in [7, 11) is 0. The first-order valence-corrected chi connectivity index (χ1v) is 15.8. The first kappa shape index (κ1) is 32.5. The molecule has 5 heterocycles. The van der Waals surface area contributed by atoms with Crippen molar-refractivity contribution in [2.75, 3.05) is 49.6 Å². The Bertz CT molecular complexity index is 1950. The Hall–Kier alpha value is -4.48. The number of alkyl halides is 3. The zero-order valence-electron chi connectivity index (χ0n) is 24.9. The van der Waals surface area contributed by atoms with Gasteiger partial charge in [-0.3, -0.25) is 14.4 Å². The Labute approximate surface area is 273 Å². The number of amides is 2. The summed E-state index contributed by atoms with van der Waals surface area (Å²) in [6.45, 7) is 3.27. The van der Waals surface area contributed by atoms with Crippen molar-refractivity contribution in [3.8, 4) is 5.06 Å². The van der Waals surface area contributed by atoms with Crippen LogP contribution in [0.1, 0.15) is 40.9 Å². The summed E-state index contributed by atoms with van der Waals surface area (Å²) in [4.78, 5) is 52.4. The maximum atomic E-state index is 14.1. The number of anilines is 2. The molecule has 0 spiro atoms. The fourth-order valence-corrected chi connectivity index (χ4v) is 6.33. The summed E-state index contributed by atoms with van der Waals surface area (Å²) in [5.74, 6) is -0.620. The number of ether oxygens (including phenoxy) is 1. The van der Waals surface area contributed by atoms with Crippen molar-refractivity contribution in [2.24, 2.45) is 0 Å². The number of aromatic nitrogens is 5. The van der Waals surface area contributed by atoms with Crippen molar-refractivity contribution in [1.29, 1.82) is 0 Å². The van der Waals surface area contributed by atoms with E-state index in [4.69, 9.17) is 16.3 Å². The van der Waals surface area contributed by atoms with Gasteiger partial charge < -0.3 is 29.5 Å². The molecule has 0 bridgehead atoms. The second kappa shape index (κ2) is 13.0. The van der Waals surface area contributed by atoms with Gasteiger partial charge >= 0.3 is 6.18 Å². The molecule has 4 aromatic rings. The molecule has 0 radical (unpaired) electrons. The van der Waals surface area contributed by atoms with Crippen LogP contribution in [0.15, 0.2) is 34.6 Å². The van der Waals surface area contributed by atoms with Crippen molar-refractivity contribution in [2.45, 2.75) is 32.5 Å². The third kappa shape index (κ3) is 6.42. The number of benzene rings is 1. The monoisotopic (exact) mass is 692 g/mol. The molecule has 18 heteroatoms. The average molecular weight is 693 g/mol. The predicted molar refractivity (Wildman–Crippen MR) is 167 cm³/mol. The van der Waals surface area contributed by atoms with Gasteiger partial charge in [0.15, 0.2) is 11.5 Å². The van der Waals surface area contributed by atoms with E-state index in [1.807, 2.05) is 17.9 Å². The molecule has 47 heavy (non-hydrogen) atoms. The number of fused-ring (bicyclic) bond motifs is 1. The molecule has 0 saturated carbocycles. The van der Waals surface area contributed by atoms with Gasteiger partial charge in [0.1, 0.15) is 12.2 Å². The highest BCUT2D eigenvalue weighted by molar-refractivity contribution is 7.11. The van der Waals surface area contributed by atoms with Crippen LogP contribution in [0.25, 0.3) is 11.4 Å². The van der Waals surface area contributed by atoms with E-state index in [9.17, 15) is 32.7 Å². The number of rotatable bonds is 7. The van der Waals surface area contributed by atoms with E-state index in [0.29, 0.717) is 37.6 Å². The Morgan fingerprint density at radius 1 is 1.19 bits per heavy atom. The fraction of sp³-hybridized carbons (Fsp3) is 0.379. The molecule has 2 aliphatic heterocycles. The molecule has 0 atom stereocenters. The predicted octanol–water partition coefficient (Wildman–Crippen LogP) is 3.69. The maximum Gasteiger partial charge on any atom is 0.416 e. The van der Waals surface area contributed by atoms with Crippen LogP contribution < -0.4 is 15.8 Å². The fourth-order valence-electron chi connectivity index (χ4n) is 5.59. The highest BCUT2D eigenvalue weighted by Gasteiger charge is 2.32. The molecule has 6 rings (SSSR count). The summed E-state index contributed by atoms with van der Waals surface area (Å²) in [5.41, 5.74) is 1.47. The van der Waals surface area contributed by atoms with Crippen LogP contribution in [0.4, 0.5) is 24.5 Å². The van der Waals surface area contributed by atoms with Gasteiger partial charge in [-0.25, -0.2) is 4.98 Å². The number of piperazine rings is 1. The van der Waals surface area contributed by atoms with Crippen LogP contribution in [-0.2, 0) is 28.7 Å². The minimum absolute atomic E-state index is 0.0125. The smallest absolute Gasteiger partial charge is 0.416 e. The quantitative estimate of drug-likeness (QED) is 0.296. The summed E-state index contributed by atoms with van der Waals surface area (Å²) in [6.07, 6.45) is -1.95. The van der Waals surface area contributed by atoms with E-state index >= 15 is 0 Å².